The molecule has 0 aliphatic heterocycles. The van der Waals surface area contributed by atoms with E-state index < -0.39 is 0 Å². The molecule has 2 amide bonds. The van der Waals surface area contributed by atoms with Crippen molar-refractivity contribution in [3.8, 4) is 0 Å². The molecule has 0 saturated heterocycles. The SMILES string of the molecule is CC(C)(C)c1ccccc1NC(=O)CCNC(=O)c1ccccc1Cl. The Labute approximate surface area is 153 Å². The van der Waals surface area contributed by atoms with Crippen molar-refractivity contribution in [2.24, 2.45) is 0 Å². The predicted molar refractivity (Wildman–Crippen MR) is 102 cm³/mol. The van der Waals surface area contributed by atoms with Crippen LogP contribution in [-0.2, 0) is 10.2 Å². The highest BCUT2D eigenvalue weighted by molar-refractivity contribution is 6.33. The standard InChI is InChI=1S/C20H23ClN2O2/c1-20(2,3)15-9-5-7-11-17(15)23-18(24)12-13-22-19(25)14-8-4-6-10-16(14)21/h4-11H,12-13H2,1-3H3,(H,22,25)(H,23,24). The smallest absolute Gasteiger partial charge is 0.252 e. The van der Waals surface area contributed by atoms with Crippen molar-refractivity contribution < 1.29 is 9.59 Å². The Kier molecular flexibility index (Phi) is 6.21. The molecule has 2 aromatic rings. The highest BCUT2D eigenvalue weighted by Crippen LogP contribution is 2.29. The van der Waals surface area contributed by atoms with Gasteiger partial charge in [0.25, 0.3) is 5.91 Å². The first kappa shape index (κ1) is 19.0. The van der Waals surface area contributed by atoms with Crippen LogP contribution in [0.3, 0.4) is 0 Å². The summed E-state index contributed by atoms with van der Waals surface area (Å²) in [5.41, 5.74) is 2.21. The molecule has 0 aromatic heterocycles. The minimum atomic E-state index is -0.284. The molecule has 0 fully saturated rings. The lowest BCUT2D eigenvalue weighted by molar-refractivity contribution is -0.116. The summed E-state index contributed by atoms with van der Waals surface area (Å²) in [6.07, 6.45) is 0.189. The van der Waals surface area contributed by atoms with E-state index in [1.165, 1.54) is 0 Å². The molecule has 0 spiro atoms. The maximum Gasteiger partial charge on any atom is 0.252 e. The number of halogens is 1. The van der Waals surface area contributed by atoms with Crippen LogP contribution in [-0.4, -0.2) is 18.4 Å². The third kappa shape index (κ3) is 5.33. The zero-order valence-corrected chi connectivity index (χ0v) is 15.5. The second-order valence-electron chi connectivity index (χ2n) is 6.83. The first-order valence-electron chi connectivity index (χ1n) is 8.21. The van der Waals surface area contributed by atoms with Crippen LogP contribution in [0.25, 0.3) is 0 Å². The Morgan fingerprint density at radius 1 is 1.00 bits per heavy atom. The molecule has 5 heteroatoms. The van der Waals surface area contributed by atoms with E-state index in [-0.39, 0.29) is 30.2 Å². The molecule has 0 radical (unpaired) electrons. The van der Waals surface area contributed by atoms with Gasteiger partial charge in [0, 0.05) is 18.7 Å². The van der Waals surface area contributed by atoms with Crippen LogP contribution in [0.15, 0.2) is 48.5 Å². The molecule has 0 atom stereocenters. The quantitative estimate of drug-likeness (QED) is 0.832. The number of carbonyl (C=O) groups excluding carboxylic acids is 2. The maximum absolute atomic E-state index is 12.2. The summed E-state index contributed by atoms with van der Waals surface area (Å²) < 4.78 is 0. The van der Waals surface area contributed by atoms with E-state index in [1.807, 2.05) is 24.3 Å². The number of anilines is 1. The average molecular weight is 359 g/mol. The van der Waals surface area contributed by atoms with E-state index in [1.54, 1.807) is 24.3 Å². The molecule has 2 rings (SSSR count). The highest BCUT2D eigenvalue weighted by atomic mass is 35.5. The summed E-state index contributed by atoms with van der Waals surface area (Å²) in [6, 6.07) is 14.6. The second-order valence-corrected chi connectivity index (χ2v) is 7.24. The van der Waals surface area contributed by atoms with Crippen LogP contribution in [0.4, 0.5) is 5.69 Å². The van der Waals surface area contributed by atoms with E-state index in [0.29, 0.717) is 10.6 Å². The second kappa shape index (κ2) is 8.17. The number of carbonyl (C=O) groups is 2. The van der Waals surface area contributed by atoms with Crippen molar-refractivity contribution in [1.82, 2.24) is 5.32 Å². The normalized spacial score (nSPS) is 11.0. The van der Waals surface area contributed by atoms with Crippen LogP contribution in [0, 0.1) is 0 Å². The molecule has 4 nitrogen and oxygen atoms in total. The first-order chi connectivity index (χ1) is 11.8. The molecule has 2 aromatic carbocycles. The van der Waals surface area contributed by atoms with E-state index in [4.69, 9.17) is 11.6 Å². The number of hydrogen-bond acceptors (Lipinski definition) is 2. The molecule has 0 saturated carbocycles. The molecular weight excluding hydrogens is 336 g/mol. The number of hydrogen-bond donors (Lipinski definition) is 2. The van der Waals surface area contributed by atoms with Crippen LogP contribution in [0.1, 0.15) is 43.1 Å². The van der Waals surface area contributed by atoms with Crippen LogP contribution in [0.5, 0.6) is 0 Å². The fourth-order valence-corrected chi connectivity index (χ4v) is 2.71. The fourth-order valence-electron chi connectivity index (χ4n) is 2.49. The minimum absolute atomic E-state index is 0.0673. The molecule has 0 bridgehead atoms. The van der Waals surface area contributed by atoms with Gasteiger partial charge in [0.15, 0.2) is 0 Å². The van der Waals surface area contributed by atoms with E-state index in [9.17, 15) is 9.59 Å². The number of amides is 2. The highest BCUT2D eigenvalue weighted by Gasteiger charge is 2.18. The van der Waals surface area contributed by atoms with Gasteiger partial charge in [0.1, 0.15) is 0 Å². The van der Waals surface area contributed by atoms with E-state index >= 15 is 0 Å². The van der Waals surface area contributed by atoms with Gasteiger partial charge in [-0.15, -0.1) is 0 Å². The lowest BCUT2D eigenvalue weighted by Gasteiger charge is -2.23. The lowest BCUT2D eigenvalue weighted by Crippen LogP contribution is -2.28. The van der Waals surface area contributed by atoms with Gasteiger partial charge in [-0.25, -0.2) is 0 Å². The van der Waals surface area contributed by atoms with Gasteiger partial charge < -0.3 is 10.6 Å². The predicted octanol–water partition coefficient (Wildman–Crippen LogP) is 4.40. The molecule has 0 aliphatic carbocycles. The zero-order valence-electron chi connectivity index (χ0n) is 14.7. The van der Waals surface area contributed by atoms with Gasteiger partial charge >= 0.3 is 0 Å². The third-order valence-electron chi connectivity index (χ3n) is 3.77. The van der Waals surface area contributed by atoms with Crippen molar-refractivity contribution >= 4 is 29.1 Å². The monoisotopic (exact) mass is 358 g/mol. The van der Waals surface area contributed by atoms with Gasteiger partial charge in [-0.2, -0.15) is 0 Å². The van der Waals surface area contributed by atoms with Gasteiger partial charge in [-0.3, -0.25) is 9.59 Å². The van der Waals surface area contributed by atoms with Crippen molar-refractivity contribution in [3.63, 3.8) is 0 Å². The zero-order chi connectivity index (χ0) is 18.4. The molecule has 132 valence electrons. The van der Waals surface area contributed by atoms with Gasteiger partial charge in [0.05, 0.1) is 10.6 Å². The van der Waals surface area contributed by atoms with Crippen molar-refractivity contribution in [3.05, 3.63) is 64.7 Å². The van der Waals surface area contributed by atoms with E-state index in [2.05, 4.69) is 31.4 Å². The maximum atomic E-state index is 12.2. The Morgan fingerprint density at radius 2 is 1.64 bits per heavy atom. The summed E-state index contributed by atoms with van der Waals surface area (Å²) in [6.45, 7) is 6.54. The number of rotatable bonds is 5. The average Bonchev–Trinajstić information content (AvgIpc) is 2.54. The summed E-state index contributed by atoms with van der Waals surface area (Å²) >= 11 is 5.99. The summed E-state index contributed by atoms with van der Waals surface area (Å²) in [7, 11) is 0. The first-order valence-corrected chi connectivity index (χ1v) is 8.59. The number of para-hydroxylation sites is 1. The lowest BCUT2D eigenvalue weighted by atomic mass is 9.86. The van der Waals surface area contributed by atoms with E-state index in [0.717, 1.165) is 11.3 Å². The van der Waals surface area contributed by atoms with Crippen molar-refractivity contribution in [1.29, 1.82) is 0 Å². The minimum Gasteiger partial charge on any atom is -0.351 e. The van der Waals surface area contributed by atoms with Crippen molar-refractivity contribution in [2.75, 3.05) is 11.9 Å². The van der Waals surface area contributed by atoms with Gasteiger partial charge in [0.2, 0.25) is 5.91 Å². The fraction of sp³-hybridized carbons (Fsp3) is 0.300. The summed E-state index contributed by atoms with van der Waals surface area (Å²) in [4.78, 5) is 24.3. The Hall–Kier alpha value is -2.33. The van der Waals surface area contributed by atoms with Crippen LogP contribution >= 0.6 is 11.6 Å². The van der Waals surface area contributed by atoms with Crippen molar-refractivity contribution in [2.45, 2.75) is 32.6 Å². The van der Waals surface area contributed by atoms with Gasteiger partial charge in [-0.05, 0) is 29.2 Å². The number of nitrogens with one attached hydrogen (secondary N) is 2. The largest absolute Gasteiger partial charge is 0.351 e. The molecule has 0 unspecified atom stereocenters. The Bertz CT molecular complexity index is 766. The summed E-state index contributed by atoms with van der Waals surface area (Å²) in [5.74, 6) is -0.426. The van der Waals surface area contributed by atoms with Crippen LogP contribution < -0.4 is 10.6 Å². The Morgan fingerprint density at radius 3 is 2.32 bits per heavy atom. The molecule has 2 N–H and O–H groups in total. The third-order valence-corrected chi connectivity index (χ3v) is 4.09. The molecule has 0 heterocycles. The number of benzene rings is 2. The molecule has 25 heavy (non-hydrogen) atoms. The van der Waals surface area contributed by atoms with Gasteiger partial charge in [-0.1, -0.05) is 62.7 Å². The molecular formula is C20H23ClN2O2. The topological polar surface area (TPSA) is 58.2 Å². The van der Waals surface area contributed by atoms with Crippen LogP contribution in [0.2, 0.25) is 5.02 Å². The Balaban J connectivity index is 1.90. The summed E-state index contributed by atoms with van der Waals surface area (Å²) in [5, 5.41) is 6.03. The molecule has 0 aliphatic rings.